The number of fused-ring (bicyclic) bond motifs is 1. The summed E-state index contributed by atoms with van der Waals surface area (Å²) in [5.74, 6) is 1.21. The predicted molar refractivity (Wildman–Crippen MR) is 81.7 cm³/mol. The van der Waals surface area contributed by atoms with E-state index >= 15 is 0 Å². The molecule has 3 rings (SSSR count). The first kappa shape index (κ1) is 15.0. The van der Waals surface area contributed by atoms with Crippen molar-refractivity contribution in [3.8, 4) is 0 Å². The van der Waals surface area contributed by atoms with Crippen LogP contribution in [0.3, 0.4) is 0 Å². The lowest BCUT2D eigenvalue weighted by Gasteiger charge is -2.46. The summed E-state index contributed by atoms with van der Waals surface area (Å²) in [7, 11) is 0. The molecule has 2 aliphatic carbocycles. The van der Waals surface area contributed by atoms with Crippen LogP contribution in [0, 0.1) is 23.2 Å². The van der Waals surface area contributed by atoms with E-state index in [1.807, 2.05) is 6.08 Å². The molecule has 1 heterocycles. The molecule has 3 atom stereocenters. The zero-order valence-corrected chi connectivity index (χ0v) is 13.3. The molecule has 0 amide bonds. The smallest absolute Gasteiger partial charge is 0.159 e. The fourth-order valence-corrected chi connectivity index (χ4v) is 4.17. The Morgan fingerprint density at radius 3 is 2.67 bits per heavy atom. The predicted octanol–water partition coefficient (Wildman–Crippen LogP) is 3.50. The van der Waals surface area contributed by atoms with Gasteiger partial charge in [-0.2, -0.15) is 0 Å². The number of ketones is 1. The van der Waals surface area contributed by atoms with Crippen molar-refractivity contribution in [1.29, 1.82) is 0 Å². The second kappa shape index (κ2) is 5.69. The highest BCUT2D eigenvalue weighted by Crippen LogP contribution is 2.49. The van der Waals surface area contributed by atoms with Crippen LogP contribution < -0.4 is 0 Å². The van der Waals surface area contributed by atoms with E-state index in [1.54, 1.807) is 0 Å². The number of allylic oxidation sites excluding steroid dienone is 4. The van der Waals surface area contributed by atoms with Gasteiger partial charge in [0, 0.05) is 5.92 Å². The second-order valence-electron chi connectivity index (χ2n) is 7.23. The topological polar surface area (TPSA) is 35.5 Å². The Balaban J connectivity index is 1.77. The average molecular weight is 290 g/mol. The highest BCUT2D eigenvalue weighted by molar-refractivity contribution is 5.93. The van der Waals surface area contributed by atoms with E-state index in [0.717, 1.165) is 19.3 Å². The van der Waals surface area contributed by atoms with Crippen LogP contribution in [0.5, 0.6) is 0 Å². The normalized spacial score (nSPS) is 35.7. The van der Waals surface area contributed by atoms with Crippen molar-refractivity contribution in [2.45, 2.75) is 46.3 Å². The molecule has 1 aliphatic heterocycles. The number of rotatable bonds is 3. The van der Waals surface area contributed by atoms with Gasteiger partial charge in [0.25, 0.3) is 0 Å². The van der Waals surface area contributed by atoms with Gasteiger partial charge in [-0.05, 0) is 49.5 Å². The van der Waals surface area contributed by atoms with Crippen LogP contribution in [0.25, 0.3) is 0 Å². The molecule has 0 unspecified atom stereocenters. The lowest BCUT2D eigenvalue weighted by molar-refractivity contribution is -0.124. The number of hydrogen-bond donors (Lipinski definition) is 0. The van der Waals surface area contributed by atoms with Crippen LogP contribution in [0.1, 0.15) is 40.0 Å². The number of carbonyl (C=O) groups is 1. The second-order valence-corrected chi connectivity index (χ2v) is 7.23. The molecule has 0 aromatic heterocycles. The molecule has 0 bridgehead atoms. The molecule has 1 saturated heterocycles. The molecule has 0 saturated carbocycles. The monoisotopic (exact) mass is 290 g/mol. The Hall–Kier alpha value is -0.930. The van der Waals surface area contributed by atoms with E-state index in [9.17, 15) is 4.79 Å². The molecule has 3 nitrogen and oxygen atoms in total. The first-order chi connectivity index (χ1) is 9.99. The first-order valence-electron chi connectivity index (χ1n) is 8.12. The average Bonchev–Trinajstić information content (AvgIpc) is 2.95. The Morgan fingerprint density at radius 1 is 1.24 bits per heavy atom. The zero-order chi connectivity index (χ0) is 15.0. The summed E-state index contributed by atoms with van der Waals surface area (Å²) in [6, 6.07) is 0. The van der Waals surface area contributed by atoms with Gasteiger partial charge in [0.15, 0.2) is 12.1 Å². The minimum Gasteiger partial charge on any atom is -0.350 e. The van der Waals surface area contributed by atoms with Crippen molar-refractivity contribution in [2.24, 2.45) is 23.2 Å². The van der Waals surface area contributed by atoms with Crippen LogP contribution >= 0.6 is 0 Å². The van der Waals surface area contributed by atoms with Crippen LogP contribution in [-0.2, 0) is 14.3 Å². The standard InChI is InChI=1S/C18H26O3/c1-12-4-6-14-17(15(19)8-9-18(14,2)3)13(12)5-7-16-20-10-11-21-16/h4,8-9,13-14,16-17H,5-7,10-11H2,1-3H3/t13-,14+,17-/m0/s1. The van der Waals surface area contributed by atoms with Gasteiger partial charge in [-0.1, -0.05) is 31.6 Å². The third kappa shape index (κ3) is 2.86. The summed E-state index contributed by atoms with van der Waals surface area (Å²) < 4.78 is 11.1. The molecule has 0 N–H and O–H groups in total. The van der Waals surface area contributed by atoms with Crippen LogP contribution in [0.2, 0.25) is 0 Å². The Morgan fingerprint density at radius 2 is 1.95 bits per heavy atom. The summed E-state index contributed by atoms with van der Waals surface area (Å²) >= 11 is 0. The Bertz CT molecular complexity index is 469. The van der Waals surface area contributed by atoms with E-state index in [4.69, 9.17) is 9.47 Å². The Kier molecular flexibility index (Phi) is 4.06. The maximum atomic E-state index is 12.5. The van der Waals surface area contributed by atoms with Crippen LogP contribution in [0.4, 0.5) is 0 Å². The lowest BCUT2D eigenvalue weighted by Crippen LogP contribution is -2.43. The summed E-state index contributed by atoms with van der Waals surface area (Å²) in [5, 5.41) is 0. The van der Waals surface area contributed by atoms with Gasteiger partial charge in [-0.25, -0.2) is 0 Å². The number of carbonyl (C=O) groups excluding carboxylic acids is 1. The van der Waals surface area contributed by atoms with E-state index in [-0.39, 0.29) is 17.6 Å². The van der Waals surface area contributed by atoms with Gasteiger partial charge in [-0.3, -0.25) is 4.79 Å². The minimum atomic E-state index is -0.0691. The molecule has 3 aliphatic rings. The van der Waals surface area contributed by atoms with E-state index < -0.39 is 0 Å². The molecular weight excluding hydrogens is 264 g/mol. The SMILES string of the molecule is CC1=CC[C@@H]2[C@@H](C(=O)C=CC2(C)C)[C@H]1CCC1OCCO1. The summed E-state index contributed by atoms with van der Waals surface area (Å²) in [6.07, 6.45) is 9.07. The molecular formula is C18H26O3. The maximum Gasteiger partial charge on any atom is 0.159 e. The molecule has 0 aromatic rings. The fraction of sp³-hybridized carbons (Fsp3) is 0.722. The van der Waals surface area contributed by atoms with Gasteiger partial charge in [0.05, 0.1) is 13.2 Å². The lowest BCUT2D eigenvalue weighted by atomic mass is 9.58. The van der Waals surface area contributed by atoms with Crippen molar-refractivity contribution in [3.63, 3.8) is 0 Å². The van der Waals surface area contributed by atoms with Gasteiger partial charge in [-0.15, -0.1) is 0 Å². The summed E-state index contributed by atoms with van der Waals surface area (Å²) in [5.41, 5.74) is 1.47. The van der Waals surface area contributed by atoms with Crippen molar-refractivity contribution < 1.29 is 14.3 Å². The molecule has 21 heavy (non-hydrogen) atoms. The molecule has 0 aromatic carbocycles. The summed E-state index contributed by atoms with van der Waals surface area (Å²) in [4.78, 5) is 12.5. The quantitative estimate of drug-likeness (QED) is 0.746. The molecule has 3 heteroatoms. The highest BCUT2D eigenvalue weighted by atomic mass is 16.7. The van der Waals surface area contributed by atoms with E-state index in [1.165, 1.54) is 5.57 Å². The number of ether oxygens (including phenoxy) is 2. The van der Waals surface area contributed by atoms with Gasteiger partial charge >= 0.3 is 0 Å². The first-order valence-corrected chi connectivity index (χ1v) is 8.12. The molecule has 116 valence electrons. The zero-order valence-electron chi connectivity index (χ0n) is 13.3. The largest absolute Gasteiger partial charge is 0.350 e. The third-order valence-electron chi connectivity index (χ3n) is 5.51. The molecule has 0 spiro atoms. The number of hydrogen-bond acceptors (Lipinski definition) is 3. The third-order valence-corrected chi connectivity index (χ3v) is 5.51. The van der Waals surface area contributed by atoms with Crippen LogP contribution in [-0.4, -0.2) is 25.3 Å². The molecule has 0 radical (unpaired) electrons. The van der Waals surface area contributed by atoms with E-state index in [2.05, 4.69) is 32.9 Å². The van der Waals surface area contributed by atoms with Crippen molar-refractivity contribution >= 4 is 5.78 Å². The van der Waals surface area contributed by atoms with Crippen molar-refractivity contribution in [1.82, 2.24) is 0 Å². The van der Waals surface area contributed by atoms with E-state index in [0.29, 0.717) is 30.8 Å². The van der Waals surface area contributed by atoms with Gasteiger partial charge in [0.1, 0.15) is 0 Å². The van der Waals surface area contributed by atoms with Crippen LogP contribution in [0.15, 0.2) is 23.8 Å². The van der Waals surface area contributed by atoms with Gasteiger partial charge in [0.2, 0.25) is 0 Å². The molecule has 1 fully saturated rings. The minimum absolute atomic E-state index is 0.0691. The Labute approximate surface area is 127 Å². The summed E-state index contributed by atoms with van der Waals surface area (Å²) in [6.45, 7) is 8.08. The fourth-order valence-electron chi connectivity index (χ4n) is 4.17. The highest BCUT2D eigenvalue weighted by Gasteiger charge is 2.45. The van der Waals surface area contributed by atoms with Gasteiger partial charge < -0.3 is 9.47 Å². The van der Waals surface area contributed by atoms with Crippen molar-refractivity contribution in [2.75, 3.05) is 13.2 Å². The maximum absolute atomic E-state index is 12.5. The van der Waals surface area contributed by atoms with Crippen molar-refractivity contribution in [3.05, 3.63) is 23.8 Å².